The zero-order chi connectivity index (χ0) is 9.30. The monoisotopic (exact) mass is 176 g/mol. The summed E-state index contributed by atoms with van der Waals surface area (Å²) in [6.45, 7) is 0. The first-order valence-electron chi connectivity index (χ1n) is 2.42. The minimum atomic E-state index is -1.33. The minimum absolute atomic E-state index is 0.641. The second kappa shape index (κ2) is 2.41. The maximum atomic E-state index is 10.3. The van der Waals surface area contributed by atoms with Gasteiger partial charge in [0, 0.05) is 4.92 Å². The second-order valence-corrected chi connectivity index (χ2v) is 1.59. The van der Waals surface area contributed by atoms with E-state index >= 15 is 0 Å². The van der Waals surface area contributed by atoms with Crippen LogP contribution in [-0.4, -0.2) is 15.0 Å². The molecule has 1 rings (SSSR count). The number of rotatable bonds is 2. The van der Waals surface area contributed by atoms with Crippen molar-refractivity contribution < 1.29 is 19.4 Å². The summed E-state index contributed by atoms with van der Waals surface area (Å²) < 4.78 is 3.65. The fourth-order valence-corrected chi connectivity index (χ4v) is 0.500. The lowest BCUT2D eigenvalue weighted by Crippen LogP contribution is -2.26. The molecule has 1 heterocycles. The zero-order valence-corrected chi connectivity index (χ0v) is 5.24. The van der Waals surface area contributed by atoms with Crippen LogP contribution < -0.4 is 4.90 Å². The highest BCUT2D eigenvalue weighted by molar-refractivity contribution is 5.31. The third-order valence-electron chi connectivity index (χ3n) is 0.920. The SMILES string of the molecule is O=[N+]([O-])c1no[n+]([O-])c1[N+](=O)[O-]. The van der Waals surface area contributed by atoms with E-state index in [1.807, 2.05) is 0 Å². The van der Waals surface area contributed by atoms with Crippen LogP contribution in [0.25, 0.3) is 0 Å². The van der Waals surface area contributed by atoms with Crippen molar-refractivity contribution in [3.05, 3.63) is 25.4 Å². The van der Waals surface area contributed by atoms with Crippen molar-refractivity contribution in [3.63, 3.8) is 0 Å². The molecule has 0 aromatic carbocycles. The number of hydrogen-bond donors (Lipinski definition) is 0. The highest BCUT2D eigenvalue weighted by atomic mass is 16.8. The quantitative estimate of drug-likeness (QED) is 0.323. The topological polar surface area (TPSA) is 139 Å². The van der Waals surface area contributed by atoms with Gasteiger partial charge in [-0.15, -0.1) is 0 Å². The fraction of sp³-hybridized carbons (Fsp3) is 0. The largest absolute Gasteiger partial charge is 0.545 e. The van der Waals surface area contributed by atoms with Gasteiger partial charge in [-0.1, -0.05) is 0 Å². The normalized spacial score (nSPS) is 9.67. The Bertz CT molecular complexity index is 341. The van der Waals surface area contributed by atoms with Crippen molar-refractivity contribution in [1.29, 1.82) is 0 Å². The smallest absolute Gasteiger partial charge is 0.357 e. The Hall–Kier alpha value is -2.26. The number of nitro groups is 2. The van der Waals surface area contributed by atoms with Crippen LogP contribution in [0.15, 0.2) is 4.63 Å². The molecule has 1 aromatic rings. The molecular weight excluding hydrogens is 176 g/mol. The molecule has 0 atom stereocenters. The molecule has 0 fully saturated rings. The first kappa shape index (κ1) is 7.84. The van der Waals surface area contributed by atoms with Crippen molar-refractivity contribution >= 4 is 11.6 Å². The van der Waals surface area contributed by atoms with Crippen LogP contribution in [0.2, 0.25) is 0 Å². The molecule has 0 unspecified atom stereocenters. The third kappa shape index (κ3) is 1.00. The van der Waals surface area contributed by atoms with Crippen LogP contribution in [0.1, 0.15) is 0 Å². The first-order chi connectivity index (χ1) is 5.54. The van der Waals surface area contributed by atoms with Crippen LogP contribution >= 0.6 is 0 Å². The summed E-state index contributed by atoms with van der Waals surface area (Å²) in [7, 11) is 0. The summed E-state index contributed by atoms with van der Waals surface area (Å²) in [4.78, 5) is 16.9. The molecule has 64 valence electrons. The molecular formula is C2N4O6. The Balaban J connectivity index is 3.31. The number of aromatic nitrogens is 2. The molecule has 12 heavy (non-hydrogen) atoms. The molecule has 0 N–H and O–H groups in total. The molecule has 0 saturated heterocycles. The molecule has 0 amide bonds. The van der Waals surface area contributed by atoms with Gasteiger partial charge in [-0.05, 0) is 4.92 Å². The van der Waals surface area contributed by atoms with Crippen LogP contribution in [0.4, 0.5) is 11.6 Å². The average molecular weight is 176 g/mol. The zero-order valence-electron chi connectivity index (χ0n) is 5.24. The van der Waals surface area contributed by atoms with Gasteiger partial charge in [0.15, 0.2) is 5.16 Å². The van der Waals surface area contributed by atoms with E-state index in [-0.39, 0.29) is 0 Å². The number of nitrogens with zero attached hydrogens (tertiary/aromatic N) is 4. The van der Waals surface area contributed by atoms with Gasteiger partial charge in [0.1, 0.15) is 0 Å². The van der Waals surface area contributed by atoms with Crippen molar-refractivity contribution in [2.24, 2.45) is 0 Å². The van der Waals surface area contributed by atoms with E-state index < -0.39 is 26.4 Å². The molecule has 1 aromatic heterocycles. The van der Waals surface area contributed by atoms with Crippen molar-refractivity contribution in [1.82, 2.24) is 5.16 Å². The van der Waals surface area contributed by atoms with Gasteiger partial charge in [0.05, 0.1) is 4.90 Å². The maximum Gasteiger partial charge on any atom is 0.545 e. The lowest BCUT2D eigenvalue weighted by Gasteiger charge is -1.86. The second-order valence-electron chi connectivity index (χ2n) is 1.59. The van der Waals surface area contributed by atoms with Crippen LogP contribution in [0.3, 0.4) is 0 Å². The summed E-state index contributed by atoms with van der Waals surface area (Å²) in [5.74, 6) is -2.55. The minimum Gasteiger partial charge on any atom is -0.357 e. The third-order valence-corrected chi connectivity index (χ3v) is 0.920. The van der Waals surface area contributed by atoms with Gasteiger partial charge in [-0.2, -0.15) is 4.63 Å². The van der Waals surface area contributed by atoms with E-state index in [2.05, 4.69) is 9.79 Å². The summed E-state index contributed by atoms with van der Waals surface area (Å²) in [5.41, 5.74) is 0. The summed E-state index contributed by atoms with van der Waals surface area (Å²) >= 11 is 0. The summed E-state index contributed by atoms with van der Waals surface area (Å²) in [5, 5.41) is 32.9. The van der Waals surface area contributed by atoms with Gasteiger partial charge in [-0.25, -0.2) is 0 Å². The standard InChI is InChI=1S/C2N4O6/c7-4(8)1-2(5(9)10)6(11)12-3-1. The molecule has 10 heteroatoms. The van der Waals surface area contributed by atoms with Crippen molar-refractivity contribution in [3.8, 4) is 0 Å². The maximum absolute atomic E-state index is 10.3. The molecule has 0 aliphatic rings. The first-order valence-corrected chi connectivity index (χ1v) is 2.42. The Labute approximate surface area is 62.8 Å². The predicted molar refractivity (Wildman–Crippen MR) is 28.8 cm³/mol. The highest BCUT2D eigenvalue weighted by Gasteiger charge is 2.37. The molecule has 0 aliphatic heterocycles. The molecule has 0 aliphatic carbocycles. The highest BCUT2D eigenvalue weighted by Crippen LogP contribution is 2.17. The van der Waals surface area contributed by atoms with Crippen LogP contribution in [0.5, 0.6) is 0 Å². The molecule has 0 radical (unpaired) electrons. The van der Waals surface area contributed by atoms with Crippen LogP contribution in [-0.2, 0) is 0 Å². The van der Waals surface area contributed by atoms with E-state index in [9.17, 15) is 25.4 Å². The molecule has 0 bridgehead atoms. The van der Waals surface area contributed by atoms with Gasteiger partial charge in [-0.3, -0.25) is 0 Å². The van der Waals surface area contributed by atoms with E-state index in [1.165, 1.54) is 0 Å². The van der Waals surface area contributed by atoms with Crippen molar-refractivity contribution in [2.75, 3.05) is 0 Å². The van der Waals surface area contributed by atoms with Gasteiger partial charge < -0.3 is 25.4 Å². The average Bonchev–Trinajstić information content (AvgIpc) is 2.30. The van der Waals surface area contributed by atoms with E-state index in [1.54, 1.807) is 0 Å². The Kier molecular flexibility index (Phi) is 1.58. The Morgan fingerprint density at radius 1 is 1.33 bits per heavy atom. The molecule has 0 saturated carbocycles. The fourth-order valence-electron chi connectivity index (χ4n) is 0.500. The van der Waals surface area contributed by atoms with Gasteiger partial charge >= 0.3 is 11.6 Å². The Morgan fingerprint density at radius 2 is 1.92 bits per heavy atom. The molecule has 0 spiro atoms. The van der Waals surface area contributed by atoms with E-state index in [4.69, 9.17) is 0 Å². The van der Waals surface area contributed by atoms with Gasteiger partial charge in [0.2, 0.25) is 0 Å². The van der Waals surface area contributed by atoms with Gasteiger partial charge in [0.25, 0.3) is 0 Å². The molecule has 10 nitrogen and oxygen atoms in total. The van der Waals surface area contributed by atoms with E-state index in [0.717, 1.165) is 0 Å². The lowest BCUT2D eigenvalue weighted by atomic mass is 10.7. The lowest BCUT2D eigenvalue weighted by molar-refractivity contribution is -0.825. The summed E-state index contributed by atoms with van der Waals surface area (Å²) in [6, 6.07) is 0. The van der Waals surface area contributed by atoms with Crippen LogP contribution in [0, 0.1) is 25.4 Å². The number of hydrogen-bond acceptors (Lipinski definition) is 7. The summed E-state index contributed by atoms with van der Waals surface area (Å²) in [6.07, 6.45) is 0. The van der Waals surface area contributed by atoms with E-state index in [0.29, 0.717) is 0 Å². The van der Waals surface area contributed by atoms with Crippen molar-refractivity contribution in [2.45, 2.75) is 0 Å². The Morgan fingerprint density at radius 3 is 2.25 bits per heavy atom. The predicted octanol–water partition coefficient (Wildman–Crippen LogP) is -0.876.